The predicted octanol–water partition coefficient (Wildman–Crippen LogP) is 2.79. The number of ether oxygens (including phenoxy) is 2. The fourth-order valence-electron chi connectivity index (χ4n) is 3.20. The average molecular weight is 291 g/mol. The lowest BCUT2D eigenvalue weighted by molar-refractivity contribution is -0.142. The van der Waals surface area contributed by atoms with E-state index in [1.807, 2.05) is 6.07 Å². The molecule has 2 rings (SSSR count). The van der Waals surface area contributed by atoms with Crippen LogP contribution in [0, 0.1) is 0 Å². The Labute approximate surface area is 126 Å². The van der Waals surface area contributed by atoms with Crippen LogP contribution in [-0.4, -0.2) is 26.7 Å². The van der Waals surface area contributed by atoms with Crippen LogP contribution in [-0.2, 0) is 21.5 Å². The molecule has 1 aromatic rings. The van der Waals surface area contributed by atoms with E-state index in [1.54, 1.807) is 7.11 Å². The lowest BCUT2D eigenvalue weighted by Crippen LogP contribution is -2.47. The Hall–Kier alpha value is -1.55. The van der Waals surface area contributed by atoms with Crippen LogP contribution in [0.5, 0.6) is 5.75 Å². The van der Waals surface area contributed by atoms with Gasteiger partial charge in [-0.1, -0.05) is 13.0 Å². The maximum Gasteiger partial charge on any atom is 0.307 e. The van der Waals surface area contributed by atoms with E-state index in [-0.39, 0.29) is 11.5 Å². The van der Waals surface area contributed by atoms with Gasteiger partial charge in [-0.25, -0.2) is 0 Å². The van der Waals surface area contributed by atoms with Gasteiger partial charge in [-0.3, -0.25) is 4.79 Å². The van der Waals surface area contributed by atoms with E-state index in [9.17, 15) is 4.79 Å². The number of nitrogens with one attached hydrogen (secondary N) is 1. The summed E-state index contributed by atoms with van der Waals surface area (Å²) in [6.07, 6.45) is 4.47. The second kappa shape index (κ2) is 6.94. The summed E-state index contributed by atoms with van der Waals surface area (Å²) >= 11 is 0. The fraction of sp³-hybridized carbons (Fsp3) is 0.588. The van der Waals surface area contributed by atoms with E-state index in [0.717, 1.165) is 38.0 Å². The average Bonchev–Trinajstić information content (AvgIpc) is 2.52. The van der Waals surface area contributed by atoms with Crippen LogP contribution < -0.4 is 10.1 Å². The number of benzene rings is 1. The minimum atomic E-state index is -0.303. The number of esters is 1. The molecule has 1 atom stereocenters. The smallest absolute Gasteiger partial charge is 0.307 e. The Morgan fingerprint density at radius 2 is 2.19 bits per heavy atom. The van der Waals surface area contributed by atoms with E-state index in [4.69, 9.17) is 9.47 Å². The third kappa shape index (κ3) is 3.38. The summed E-state index contributed by atoms with van der Waals surface area (Å²) in [5.41, 5.74) is 2.18. The van der Waals surface area contributed by atoms with Crippen molar-refractivity contribution in [2.24, 2.45) is 0 Å². The van der Waals surface area contributed by atoms with E-state index in [0.29, 0.717) is 6.42 Å². The largest absolute Gasteiger partial charge is 0.497 e. The Morgan fingerprint density at radius 1 is 1.38 bits per heavy atom. The molecule has 0 heterocycles. The molecular weight excluding hydrogens is 266 g/mol. The zero-order valence-electron chi connectivity index (χ0n) is 13.2. The number of methoxy groups -OCH3 is 2. The van der Waals surface area contributed by atoms with Crippen LogP contribution in [0.2, 0.25) is 0 Å². The first-order chi connectivity index (χ1) is 10.1. The first kappa shape index (κ1) is 15.8. The summed E-state index contributed by atoms with van der Waals surface area (Å²) in [4.78, 5) is 11.9. The minimum Gasteiger partial charge on any atom is -0.497 e. The van der Waals surface area contributed by atoms with Gasteiger partial charge in [-0.2, -0.15) is 0 Å². The van der Waals surface area contributed by atoms with Crippen molar-refractivity contribution < 1.29 is 14.3 Å². The summed E-state index contributed by atoms with van der Waals surface area (Å²) in [6.45, 7) is 3.03. The Kier molecular flexibility index (Phi) is 5.23. The molecule has 1 aliphatic rings. The number of hydrogen-bond donors (Lipinski definition) is 1. The number of fused-ring (bicyclic) bond motifs is 1. The lowest BCUT2D eigenvalue weighted by Gasteiger charge is -2.39. The molecule has 1 unspecified atom stereocenters. The van der Waals surface area contributed by atoms with Crippen LogP contribution >= 0.6 is 0 Å². The van der Waals surface area contributed by atoms with E-state index >= 15 is 0 Å². The van der Waals surface area contributed by atoms with Gasteiger partial charge >= 0.3 is 5.97 Å². The summed E-state index contributed by atoms with van der Waals surface area (Å²) in [7, 11) is 3.13. The van der Waals surface area contributed by atoms with Crippen molar-refractivity contribution in [1.82, 2.24) is 5.32 Å². The molecular formula is C17H25NO3. The van der Waals surface area contributed by atoms with Crippen molar-refractivity contribution in [3.63, 3.8) is 0 Å². The van der Waals surface area contributed by atoms with Gasteiger partial charge in [-0.05, 0) is 55.5 Å². The highest BCUT2D eigenvalue weighted by molar-refractivity contribution is 5.71. The van der Waals surface area contributed by atoms with Gasteiger partial charge in [0.05, 0.1) is 26.2 Å². The highest BCUT2D eigenvalue weighted by atomic mass is 16.5. The number of aryl methyl sites for hydroxylation is 1. The third-order valence-electron chi connectivity index (χ3n) is 4.26. The Balaban J connectivity index is 2.39. The summed E-state index contributed by atoms with van der Waals surface area (Å²) in [5, 5.41) is 3.60. The molecule has 0 saturated carbocycles. The van der Waals surface area contributed by atoms with Gasteiger partial charge in [-0.15, -0.1) is 0 Å². The van der Waals surface area contributed by atoms with Crippen LogP contribution in [0.3, 0.4) is 0 Å². The van der Waals surface area contributed by atoms with Crippen molar-refractivity contribution in [2.75, 3.05) is 20.8 Å². The quantitative estimate of drug-likeness (QED) is 0.819. The van der Waals surface area contributed by atoms with Crippen LogP contribution in [0.4, 0.5) is 0 Å². The molecule has 4 nitrogen and oxygen atoms in total. The summed E-state index contributed by atoms with van der Waals surface area (Å²) < 4.78 is 10.2. The zero-order chi connectivity index (χ0) is 15.3. The van der Waals surface area contributed by atoms with E-state index in [2.05, 4.69) is 24.4 Å². The molecule has 0 radical (unpaired) electrons. The zero-order valence-corrected chi connectivity index (χ0v) is 13.2. The number of rotatable bonds is 6. The van der Waals surface area contributed by atoms with Gasteiger partial charge in [0.15, 0.2) is 0 Å². The SMILES string of the molecule is CCCNC1(CC(=O)OC)CCCc2cc(OC)ccc21. The highest BCUT2D eigenvalue weighted by Gasteiger charge is 2.38. The maximum atomic E-state index is 11.9. The molecule has 1 N–H and O–H groups in total. The topological polar surface area (TPSA) is 47.6 Å². The molecule has 0 aliphatic heterocycles. The van der Waals surface area contributed by atoms with Gasteiger partial charge in [0, 0.05) is 0 Å². The first-order valence-corrected chi connectivity index (χ1v) is 7.64. The van der Waals surface area contributed by atoms with Gasteiger partial charge in [0.1, 0.15) is 5.75 Å². The van der Waals surface area contributed by atoms with Crippen LogP contribution in [0.1, 0.15) is 43.7 Å². The normalized spacial score (nSPS) is 20.7. The van der Waals surface area contributed by atoms with Gasteiger partial charge in [0.2, 0.25) is 0 Å². The fourth-order valence-corrected chi connectivity index (χ4v) is 3.20. The molecule has 0 aromatic heterocycles. The molecule has 4 heteroatoms. The van der Waals surface area contributed by atoms with Crippen molar-refractivity contribution in [2.45, 2.75) is 44.6 Å². The second-order valence-electron chi connectivity index (χ2n) is 5.64. The minimum absolute atomic E-state index is 0.165. The van der Waals surface area contributed by atoms with Crippen molar-refractivity contribution in [3.05, 3.63) is 29.3 Å². The van der Waals surface area contributed by atoms with Crippen molar-refractivity contribution >= 4 is 5.97 Å². The second-order valence-corrected chi connectivity index (χ2v) is 5.64. The van der Waals surface area contributed by atoms with Gasteiger partial charge in [0.25, 0.3) is 0 Å². The Bertz CT molecular complexity index is 501. The van der Waals surface area contributed by atoms with E-state index < -0.39 is 0 Å². The Morgan fingerprint density at radius 3 is 2.86 bits per heavy atom. The molecule has 116 valence electrons. The van der Waals surface area contributed by atoms with Crippen LogP contribution in [0.15, 0.2) is 18.2 Å². The molecule has 0 fully saturated rings. The molecule has 21 heavy (non-hydrogen) atoms. The lowest BCUT2D eigenvalue weighted by atomic mass is 9.74. The number of carbonyl (C=O) groups excluding carboxylic acids is 1. The van der Waals surface area contributed by atoms with Crippen molar-refractivity contribution in [1.29, 1.82) is 0 Å². The standard InChI is InChI=1S/C17H25NO3/c1-4-10-18-17(12-16(19)21-3)9-5-6-13-11-14(20-2)7-8-15(13)17/h7-8,11,18H,4-6,9-10,12H2,1-3H3. The van der Waals surface area contributed by atoms with Gasteiger partial charge < -0.3 is 14.8 Å². The monoisotopic (exact) mass is 291 g/mol. The summed E-state index contributed by atoms with van der Waals surface area (Å²) in [6, 6.07) is 6.16. The van der Waals surface area contributed by atoms with Crippen LogP contribution in [0.25, 0.3) is 0 Å². The molecule has 0 bridgehead atoms. The molecule has 1 aliphatic carbocycles. The first-order valence-electron chi connectivity index (χ1n) is 7.64. The number of hydrogen-bond acceptors (Lipinski definition) is 4. The molecule has 0 amide bonds. The molecule has 0 saturated heterocycles. The molecule has 1 aromatic carbocycles. The summed E-state index contributed by atoms with van der Waals surface area (Å²) in [5.74, 6) is 0.709. The maximum absolute atomic E-state index is 11.9. The predicted molar refractivity (Wildman–Crippen MR) is 82.5 cm³/mol. The molecule has 0 spiro atoms. The highest BCUT2D eigenvalue weighted by Crippen LogP contribution is 2.39. The van der Waals surface area contributed by atoms with Crippen molar-refractivity contribution in [3.8, 4) is 5.75 Å². The van der Waals surface area contributed by atoms with E-state index in [1.165, 1.54) is 18.2 Å². The number of carbonyl (C=O) groups is 1. The third-order valence-corrected chi connectivity index (χ3v) is 4.26.